The van der Waals surface area contributed by atoms with Gasteiger partial charge in [0, 0.05) is 49.3 Å². The topological polar surface area (TPSA) is 63.3 Å². The molecule has 2 aromatic heterocycles. The van der Waals surface area contributed by atoms with Crippen LogP contribution >= 0.6 is 0 Å². The summed E-state index contributed by atoms with van der Waals surface area (Å²) < 4.78 is 4.25. The van der Waals surface area contributed by atoms with Crippen LogP contribution in [0.15, 0.2) is 42.6 Å². The molecule has 1 atom stereocenters. The lowest BCUT2D eigenvalue weighted by Crippen LogP contribution is -2.38. The van der Waals surface area contributed by atoms with Gasteiger partial charge in [-0.1, -0.05) is 30.3 Å². The molecule has 6 nitrogen and oxygen atoms in total. The highest BCUT2D eigenvalue weighted by Gasteiger charge is 2.30. The number of aliphatic hydroxyl groups is 1. The maximum Gasteiger partial charge on any atom is 0.255 e. The first-order valence-electron chi connectivity index (χ1n) is 11.1. The molecule has 1 saturated heterocycles. The van der Waals surface area contributed by atoms with E-state index in [2.05, 4.69) is 26.3 Å². The number of carbonyl (C=O) groups is 1. The molecule has 164 valence electrons. The zero-order valence-corrected chi connectivity index (χ0v) is 18.9. The SMILES string of the molecule is Cc1c(C(=O)N2CCC(c3ncc(C)n3[C@H](C)CO)CC2)cc(-c2ccccc2)n1C. The first kappa shape index (κ1) is 21.4. The molecule has 3 aromatic rings. The molecule has 0 unspecified atom stereocenters. The second-order valence-corrected chi connectivity index (χ2v) is 8.68. The molecular weight excluding hydrogens is 388 g/mol. The van der Waals surface area contributed by atoms with E-state index in [0.717, 1.165) is 60.0 Å². The number of aromatic nitrogens is 3. The van der Waals surface area contributed by atoms with Crippen molar-refractivity contribution in [3.05, 3.63) is 65.4 Å². The molecule has 1 N–H and O–H groups in total. The van der Waals surface area contributed by atoms with Crippen molar-refractivity contribution in [2.45, 2.75) is 45.6 Å². The minimum atomic E-state index is 0.0144. The van der Waals surface area contributed by atoms with Crippen molar-refractivity contribution < 1.29 is 9.90 Å². The first-order chi connectivity index (χ1) is 14.9. The van der Waals surface area contributed by atoms with Crippen LogP contribution in [0.5, 0.6) is 0 Å². The Hall–Kier alpha value is -2.86. The van der Waals surface area contributed by atoms with Crippen LogP contribution in [0.25, 0.3) is 11.3 Å². The Morgan fingerprint density at radius 3 is 2.52 bits per heavy atom. The number of likely N-dealkylation sites (tertiary alicyclic amines) is 1. The number of piperidine rings is 1. The number of carbonyl (C=O) groups excluding carboxylic acids is 1. The van der Waals surface area contributed by atoms with Gasteiger partial charge in [-0.05, 0) is 45.2 Å². The molecule has 6 heteroatoms. The molecule has 1 aliphatic rings. The summed E-state index contributed by atoms with van der Waals surface area (Å²) >= 11 is 0. The lowest BCUT2D eigenvalue weighted by atomic mass is 9.95. The van der Waals surface area contributed by atoms with Gasteiger partial charge in [0.2, 0.25) is 0 Å². The number of benzene rings is 1. The fourth-order valence-corrected chi connectivity index (χ4v) is 4.73. The molecule has 4 rings (SSSR count). The summed E-state index contributed by atoms with van der Waals surface area (Å²) in [7, 11) is 2.02. The summed E-state index contributed by atoms with van der Waals surface area (Å²) in [6.07, 6.45) is 3.66. The highest BCUT2D eigenvalue weighted by molar-refractivity contribution is 5.97. The molecule has 3 heterocycles. The van der Waals surface area contributed by atoms with E-state index in [9.17, 15) is 9.90 Å². The highest BCUT2D eigenvalue weighted by Crippen LogP contribution is 2.31. The zero-order chi connectivity index (χ0) is 22.1. The predicted octanol–water partition coefficient (Wildman–Crippen LogP) is 4.08. The number of imidazole rings is 1. The maximum atomic E-state index is 13.3. The van der Waals surface area contributed by atoms with Crippen LogP contribution in [0.1, 0.15) is 59.3 Å². The molecule has 0 spiro atoms. The van der Waals surface area contributed by atoms with E-state index in [1.54, 1.807) is 0 Å². The van der Waals surface area contributed by atoms with E-state index < -0.39 is 0 Å². The lowest BCUT2D eigenvalue weighted by molar-refractivity contribution is 0.0708. The fraction of sp³-hybridized carbons (Fsp3) is 0.440. The van der Waals surface area contributed by atoms with Crippen molar-refractivity contribution in [3.63, 3.8) is 0 Å². The zero-order valence-electron chi connectivity index (χ0n) is 18.9. The quantitative estimate of drug-likeness (QED) is 0.677. The number of amides is 1. The summed E-state index contributed by atoms with van der Waals surface area (Å²) in [5.74, 6) is 1.45. The molecule has 1 aliphatic heterocycles. The molecule has 0 saturated carbocycles. The van der Waals surface area contributed by atoms with E-state index >= 15 is 0 Å². The van der Waals surface area contributed by atoms with Crippen molar-refractivity contribution in [1.82, 2.24) is 19.0 Å². The van der Waals surface area contributed by atoms with Crippen molar-refractivity contribution >= 4 is 5.91 Å². The molecule has 31 heavy (non-hydrogen) atoms. The van der Waals surface area contributed by atoms with Gasteiger partial charge >= 0.3 is 0 Å². The standard InChI is InChI=1S/C25H32N4O2/c1-17-15-26-24(29(17)18(2)16-30)21-10-12-28(13-11-21)25(31)22-14-23(27(4)19(22)3)20-8-6-5-7-9-20/h5-9,14-15,18,21,30H,10-13,16H2,1-4H3/t18-/m1/s1. The smallest absolute Gasteiger partial charge is 0.255 e. The number of rotatable bonds is 5. The molecule has 0 radical (unpaired) electrons. The van der Waals surface area contributed by atoms with Crippen LogP contribution in [-0.4, -0.2) is 49.7 Å². The monoisotopic (exact) mass is 420 g/mol. The number of aryl methyl sites for hydroxylation is 1. The average molecular weight is 421 g/mol. The first-order valence-corrected chi connectivity index (χ1v) is 11.1. The average Bonchev–Trinajstić information content (AvgIpc) is 3.33. The Labute approximate surface area is 184 Å². The Kier molecular flexibility index (Phi) is 6.01. The van der Waals surface area contributed by atoms with E-state index in [0.29, 0.717) is 5.92 Å². The van der Waals surface area contributed by atoms with Crippen LogP contribution in [-0.2, 0) is 7.05 Å². The number of hydrogen-bond acceptors (Lipinski definition) is 3. The molecule has 0 aliphatic carbocycles. The van der Waals surface area contributed by atoms with Gasteiger partial charge in [-0.3, -0.25) is 4.79 Å². The second-order valence-electron chi connectivity index (χ2n) is 8.68. The molecular formula is C25H32N4O2. The largest absolute Gasteiger partial charge is 0.394 e. The Morgan fingerprint density at radius 2 is 1.87 bits per heavy atom. The molecule has 1 aromatic carbocycles. The molecule has 1 amide bonds. The normalized spacial score (nSPS) is 16.0. The lowest BCUT2D eigenvalue weighted by Gasteiger charge is -2.32. The third kappa shape index (κ3) is 3.92. The van der Waals surface area contributed by atoms with Gasteiger partial charge < -0.3 is 19.1 Å². The van der Waals surface area contributed by atoms with Crippen LogP contribution in [0, 0.1) is 13.8 Å². The van der Waals surface area contributed by atoms with Gasteiger partial charge in [0.1, 0.15) is 5.82 Å². The summed E-state index contributed by atoms with van der Waals surface area (Å²) in [6, 6.07) is 12.2. The summed E-state index contributed by atoms with van der Waals surface area (Å²) in [6.45, 7) is 7.60. The predicted molar refractivity (Wildman–Crippen MR) is 122 cm³/mol. The maximum absolute atomic E-state index is 13.3. The number of hydrogen-bond donors (Lipinski definition) is 1. The third-order valence-electron chi connectivity index (χ3n) is 6.70. The third-order valence-corrected chi connectivity index (χ3v) is 6.70. The van der Waals surface area contributed by atoms with Crippen molar-refractivity contribution in [2.24, 2.45) is 7.05 Å². The van der Waals surface area contributed by atoms with Gasteiger partial charge in [-0.25, -0.2) is 4.98 Å². The van der Waals surface area contributed by atoms with Gasteiger partial charge in [0.25, 0.3) is 5.91 Å². The van der Waals surface area contributed by atoms with Gasteiger partial charge in [0.05, 0.1) is 18.2 Å². The Balaban J connectivity index is 1.50. The van der Waals surface area contributed by atoms with Gasteiger partial charge in [0.15, 0.2) is 0 Å². The fourth-order valence-electron chi connectivity index (χ4n) is 4.73. The van der Waals surface area contributed by atoms with Crippen molar-refractivity contribution in [3.8, 4) is 11.3 Å². The van der Waals surface area contributed by atoms with Crippen LogP contribution in [0.2, 0.25) is 0 Å². The minimum absolute atomic E-state index is 0.0144. The van der Waals surface area contributed by atoms with Crippen LogP contribution in [0.4, 0.5) is 0 Å². The van der Waals surface area contributed by atoms with Gasteiger partial charge in [-0.2, -0.15) is 0 Å². The second kappa shape index (κ2) is 8.71. The van der Waals surface area contributed by atoms with Crippen molar-refractivity contribution in [1.29, 1.82) is 0 Å². The Morgan fingerprint density at radius 1 is 1.19 bits per heavy atom. The Bertz CT molecular complexity index is 1060. The molecule has 1 fully saturated rings. The highest BCUT2D eigenvalue weighted by atomic mass is 16.3. The minimum Gasteiger partial charge on any atom is -0.394 e. The number of aliphatic hydroxyl groups excluding tert-OH is 1. The van der Waals surface area contributed by atoms with Crippen LogP contribution < -0.4 is 0 Å². The van der Waals surface area contributed by atoms with E-state index in [1.807, 2.05) is 63.2 Å². The summed E-state index contributed by atoms with van der Waals surface area (Å²) in [5.41, 5.74) is 5.03. The van der Waals surface area contributed by atoms with E-state index in [4.69, 9.17) is 0 Å². The summed E-state index contributed by atoms with van der Waals surface area (Å²) in [4.78, 5) is 20.0. The molecule has 0 bridgehead atoms. The van der Waals surface area contributed by atoms with E-state index in [-0.39, 0.29) is 18.6 Å². The number of nitrogens with zero attached hydrogens (tertiary/aromatic N) is 4. The van der Waals surface area contributed by atoms with Crippen LogP contribution in [0.3, 0.4) is 0 Å². The van der Waals surface area contributed by atoms with Crippen molar-refractivity contribution in [2.75, 3.05) is 19.7 Å². The van der Waals surface area contributed by atoms with E-state index in [1.165, 1.54) is 0 Å². The summed E-state index contributed by atoms with van der Waals surface area (Å²) in [5, 5.41) is 9.62. The van der Waals surface area contributed by atoms with Gasteiger partial charge in [-0.15, -0.1) is 0 Å².